The number of carbonyl (C=O) groups excluding carboxylic acids is 2. The Labute approximate surface area is 277 Å². The SMILES string of the molecule is O=C([C@H](Cc1ccccc1)N(Cc1ccc(-c2ccccn2)cc1)C(=O)C=Cc1ccc(C(F)(F)F)cc1)N1CCc2cccnc2C1. The van der Waals surface area contributed by atoms with Crippen molar-refractivity contribution in [2.75, 3.05) is 6.54 Å². The molecule has 2 amide bonds. The van der Waals surface area contributed by atoms with E-state index in [0.29, 0.717) is 25.1 Å². The lowest BCUT2D eigenvalue weighted by molar-refractivity contribution is -0.144. The maximum atomic E-state index is 14.5. The van der Waals surface area contributed by atoms with Crippen LogP contribution in [-0.4, -0.2) is 44.2 Å². The van der Waals surface area contributed by atoms with E-state index in [1.165, 1.54) is 24.3 Å². The number of fused-ring (bicyclic) bond motifs is 1. The van der Waals surface area contributed by atoms with Gasteiger partial charge in [-0.15, -0.1) is 0 Å². The van der Waals surface area contributed by atoms with Gasteiger partial charge >= 0.3 is 6.18 Å². The second kappa shape index (κ2) is 14.5. The lowest BCUT2D eigenvalue weighted by atomic mass is 9.99. The Morgan fingerprint density at radius 2 is 1.54 bits per heavy atom. The minimum absolute atomic E-state index is 0.130. The molecule has 48 heavy (non-hydrogen) atoms. The molecule has 6 nitrogen and oxygen atoms in total. The van der Waals surface area contributed by atoms with Crippen LogP contribution in [-0.2, 0) is 41.7 Å². The molecule has 0 unspecified atom stereocenters. The summed E-state index contributed by atoms with van der Waals surface area (Å²) in [6.07, 6.45) is 2.71. The Kier molecular flexibility index (Phi) is 9.75. The van der Waals surface area contributed by atoms with Crippen LogP contribution in [0.15, 0.2) is 128 Å². The molecule has 0 fully saturated rings. The van der Waals surface area contributed by atoms with E-state index in [0.717, 1.165) is 45.8 Å². The summed E-state index contributed by atoms with van der Waals surface area (Å²) in [7, 11) is 0. The van der Waals surface area contributed by atoms with Crippen LogP contribution in [0.3, 0.4) is 0 Å². The first-order valence-corrected chi connectivity index (χ1v) is 15.7. The summed E-state index contributed by atoms with van der Waals surface area (Å²) >= 11 is 0. The molecule has 1 aliphatic rings. The van der Waals surface area contributed by atoms with Gasteiger partial charge in [-0.2, -0.15) is 13.2 Å². The molecule has 9 heteroatoms. The lowest BCUT2D eigenvalue weighted by Gasteiger charge is -2.36. The van der Waals surface area contributed by atoms with Crippen LogP contribution >= 0.6 is 0 Å². The molecule has 1 atom stereocenters. The summed E-state index contributed by atoms with van der Waals surface area (Å²) in [5.74, 6) is -0.634. The van der Waals surface area contributed by atoms with Crippen LogP contribution in [0.4, 0.5) is 13.2 Å². The van der Waals surface area contributed by atoms with Crippen LogP contribution in [0.1, 0.15) is 33.5 Å². The third-order valence-electron chi connectivity index (χ3n) is 8.43. The van der Waals surface area contributed by atoms with Gasteiger partial charge in [-0.1, -0.05) is 78.9 Å². The summed E-state index contributed by atoms with van der Waals surface area (Å²) < 4.78 is 39.4. The normalized spacial score (nSPS) is 13.6. The molecule has 2 aromatic heterocycles. The largest absolute Gasteiger partial charge is 0.416 e. The number of rotatable bonds is 9. The Hall–Kier alpha value is -5.57. The zero-order valence-corrected chi connectivity index (χ0v) is 26.1. The van der Waals surface area contributed by atoms with Gasteiger partial charge in [0.25, 0.3) is 0 Å². The molecule has 0 bridgehead atoms. The fourth-order valence-corrected chi connectivity index (χ4v) is 5.82. The van der Waals surface area contributed by atoms with E-state index in [9.17, 15) is 22.8 Å². The Bertz CT molecular complexity index is 1880. The number of hydrogen-bond acceptors (Lipinski definition) is 4. The second-order valence-electron chi connectivity index (χ2n) is 11.7. The first-order valence-electron chi connectivity index (χ1n) is 15.7. The van der Waals surface area contributed by atoms with Crippen LogP contribution in [0, 0.1) is 0 Å². The Morgan fingerprint density at radius 1 is 0.812 bits per heavy atom. The van der Waals surface area contributed by atoms with Crippen molar-refractivity contribution in [3.05, 3.63) is 161 Å². The molecule has 0 saturated carbocycles. The molecule has 5 aromatic rings. The van der Waals surface area contributed by atoms with E-state index < -0.39 is 23.7 Å². The van der Waals surface area contributed by atoms with E-state index in [4.69, 9.17) is 0 Å². The lowest BCUT2D eigenvalue weighted by Crippen LogP contribution is -2.52. The van der Waals surface area contributed by atoms with Gasteiger partial charge in [0.1, 0.15) is 6.04 Å². The van der Waals surface area contributed by atoms with Crippen LogP contribution in [0.2, 0.25) is 0 Å². The van der Waals surface area contributed by atoms with E-state index in [1.54, 1.807) is 22.2 Å². The highest BCUT2D eigenvalue weighted by molar-refractivity contribution is 5.96. The molecule has 242 valence electrons. The van der Waals surface area contributed by atoms with Gasteiger partial charge in [-0.05, 0) is 65.1 Å². The van der Waals surface area contributed by atoms with Crippen molar-refractivity contribution in [2.45, 2.75) is 38.1 Å². The molecule has 1 aliphatic heterocycles. The zero-order chi connectivity index (χ0) is 33.5. The van der Waals surface area contributed by atoms with Crippen molar-refractivity contribution in [1.29, 1.82) is 0 Å². The average molecular weight is 647 g/mol. The van der Waals surface area contributed by atoms with Gasteiger partial charge in [0.2, 0.25) is 11.8 Å². The molecule has 3 heterocycles. The monoisotopic (exact) mass is 646 g/mol. The molecule has 0 N–H and O–H groups in total. The molecule has 0 spiro atoms. The zero-order valence-electron chi connectivity index (χ0n) is 26.1. The standard InChI is InChI=1S/C39H33F3N4O2/c40-39(41,42)33-18-13-28(14-19-33)15-20-37(47)46(26-30-11-16-32(17-12-30)34-10-4-5-22-43-34)36(25-29-7-2-1-3-8-29)38(48)45-24-21-31-9-6-23-44-35(31)27-45/h1-20,22-23,36H,21,24-27H2/t36-/m0/s1. The Balaban J connectivity index is 1.34. The number of hydrogen-bond donors (Lipinski definition) is 0. The first-order chi connectivity index (χ1) is 23.2. The van der Waals surface area contributed by atoms with Gasteiger partial charge in [0.05, 0.1) is 23.5 Å². The topological polar surface area (TPSA) is 66.4 Å². The van der Waals surface area contributed by atoms with Gasteiger partial charge in [-0.3, -0.25) is 19.6 Å². The predicted molar refractivity (Wildman–Crippen MR) is 178 cm³/mol. The third-order valence-corrected chi connectivity index (χ3v) is 8.43. The van der Waals surface area contributed by atoms with Gasteiger partial charge in [0.15, 0.2) is 0 Å². The van der Waals surface area contributed by atoms with E-state index in [-0.39, 0.29) is 18.9 Å². The third kappa shape index (κ3) is 7.86. The number of amides is 2. The summed E-state index contributed by atoms with van der Waals surface area (Å²) in [5.41, 5.74) is 5.02. The van der Waals surface area contributed by atoms with Crippen molar-refractivity contribution in [3.8, 4) is 11.3 Å². The van der Waals surface area contributed by atoms with Crippen LogP contribution in [0.5, 0.6) is 0 Å². The Morgan fingerprint density at radius 3 is 2.25 bits per heavy atom. The van der Waals surface area contributed by atoms with Crippen molar-refractivity contribution >= 4 is 17.9 Å². The number of benzene rings is 3. The maximum Gasteiger partial charge on any atom is 0.416 e. The number of pyridine rings is 2. The molecular formula is C39H33F3N4O2. The van der Waals surface area contributed by atoms with Gasteiger partial charge in [-0.25, -0.2) is 0 Å². The van der Waals surface area contributed by atoms with Gasteiger partial charge in [0, 0.05) is 43.5 Å². The molecule has 3 aromatic carbocycles. The van der Waals surface area contributed by atoms with E-state index >= 15 is 0 Å². The molecule has 0 aliphatic carbocycles. The van der Waals surface area contributed by atoms with E-state index in [1.807, 2.05) is 84.9 Å². The highest BCUT2D eigenvalue weighted by atomic mass is 19.4. The summed E-state index contributed by atoms with van der Waals surface area (Å²) in [6, 6.07) is 30.5. The summed E-state index contributed by atoms with van der Waals surface area (Å²) in [4.78, 5) is 40.8. The average Bonchev–Trinajstić information content (AvgIpc) is 3.12. The molecular weight excluding hydrogens is 613 g/mol. The first kappa shape index (κ1) is 32.4. The second-order valence-corrected chi connectivity index (χ2v) is 11.7. The predicted octanol–water partition coefficient (Wildman–Crippen LogP) is 7.40. The van der Waals surface area contributed by atoms with Crippen LogP contribution < -0.4 is 0 Å². The fourth-order valence-electron chi connectivity index (χ4n) is 5.82. The van der Waals surface area contributed by atoms with Crippen molar-refractivity contribution in [2.24, 2.45) is 0 Å². The van der Waals surface area contributed by atoms with Crippen LogP contribution in [0.25, 0.3) is 17.3 Å². The smallest absolute Gasteiger partial charge is 0.335 e. The maximum absolute atomic E-state index is 14.5. The fraction of sp³-hybridized carbons (Fsp3) is 0.179. The summed E-state index contributed by atoms with van der Waals surface area (Å²) in [5, 5.41) is 0. The number of nitrogens with zero attached hydrogens (tertiary/aromatic N) is 4. The molecule has 0 saturated heterocycles. The molecule has 0 radical (unpaired) electrons. The highest BCUT2D eigenvalue weighted by Gasteiger charge is 2.34. The highest BCUT2D eigenvalue weighted by Crippen LogP contribution is 2.29. The quantitative estimate of drug-likeness (QED) is 0.157. The van der Waals surface area contributed by atoms with Crippen molar-refractivity contribution in [3.63, 3.8) is 0 Å². The van der Waals surface area contributed by atoms with Crippen molar-refractivity contribution in [1.82, 2.24) is 19.8 Å². The number of carbonyl (C=O) groups is 2. The van der Waals surface area contributed by atoms with Gasteiger partial charge < -0.3 is 9.80 Å². The van der Waals surface area contributed by atoms with E-state index in [2.05, 4.69) is 9.97 Å². The minimum Gasteiger partial charge on any atom is -0.335 e. The number of alkyl halides is 3. The van der Waals surface area contributed by atoms with Crippen molar-refractivity contribution < 1.29 is 22.8 Å². The number of halogens is 3. The molecule has 6 rings (SSSR count). The number of aromatic nitrogens is 2. The minimum atomic E-state index is -4.46. The summed E-state index contributed by atoms with van der Waals surface area (Å²) in [6.45, 7) is 0.956.